The van der Waals surface area contributed by atoms with Gasteiger partial charge in [-0.3, -0.25) is 0 Å². The van der Waals surface area contributed by atoms with Gasteiger partial charge in [-0.05, 0) is 34.1 Å². The summed E-state index contributed by atoms with van der Waals surface area (Å²) in [5.41, 5.74) is 0. The number of hydrogen-bond donors (Lipinski definition) is 2. The van der Waals surface area contributed by atoms with Crippen LogP contribution in [0.25, 0.3) is 0 Å². The number of rotatable bonds is 5. The predicted octanol–water partition coefficient (Wildman–Crippen LogP) is 3.09. The van der Waals surface area contributed by atoms with Crippen molar-refractivity contribution in [3.8, 4) is 0 Å². The minimum absolute atomic E-state index is 0.0272. The lowest BCUT2D eigenvalue weighted by molar-refractivity contribution is 0.0660. The molecule has 0 saturated carbocycles. The van der Waals surface area contributed by atoms with Crippen molar-refractivity contribution in [2.45, 2.75) is 13.1 Å². The van der Waals surface area contributed by atoms with Crippen LogP contribution in [0.4, 0.5) is 0 Å². The van der Waals surface area contributed by atoms with Gasteiger partial charge in [0.05, 0.1) is 6.54 Å². The van der Waals surface area contributed by atoms with E-state index in [9.17, 15) is 4.79 Å². The lowest BCUT2D eigenvalue weighted by atomic mass is 10.4. The Balaban J connectivity index is 1.83. The molecule has 0 unspecified atom stereocenters. The predicted molar refractivity (Wildman–Crippen MR) is 68.2 cm³/mol. The van der Waals surface area contributed by atoms with Gasteiger partial charge in [-0.2, -0.15) is 0 Å². The summed E-state index contributed by atoms with van der Waals surface area (Å²) in [7, 11) is 0. The zero-order valence-corrected chi connectivity index (χ0v) is 11.2. The highest BCUT2D eigenvalue weighted by atomic mass is 79.9. The molecule has 2 heterocycles. The summed E-state index contributed by atoms with van der Waals surface area (Å²) in [5.74, 6) is -0.447. The van der Waals surface area contributed by atoms with Crippen LogP contribution in [0.1, 0.15) is 21.2 Å². The van der Waals surface area contributed by atoms with Crippen molar-refractivity contribution in [3.05, 3.63) is 44.4 Å². The molecule has 2 aromatic heterocycles. The van der Waals surface area contributed by atoms with Crippen LogP contribution in [-0.4, -0.2) is 11.1 Å². The summed E-state index contributed by atoms with van der Waals surface area (Å²) in [6, 6.07) is 5.17. The van der Waals surface area contributed by atoms with Crippen LogP contribution in [0.15, 0.2) is 32.5 Å². The van der Waals surface area contributed by atoms with Crippen LogP contribution in [-0.2, 0) is 13.1 Å². The number of nitrogens with one attached hydrogen (secondary N) is 1. The van der Waals surface area contributed by atoms with Crippen molar-refractivity contribution in [2.75, 3.05) is 0 Å². The van der Waals surface area contributed by atoms with E-state index in [1.165, 1.54) is 10.9 Å². The number of carboxylic acid groups (broad SMARTS) is 1. The van der Waals surface area contributed by atoms with Crippen LogP contribution >= 0.6 is 27.3 Å². The number of hydrogen-bond acceptors (Lipinski definition) is 4. The molecule has 90 valence electrons. The first kappa shape index (κ1) is 12.3. The number of aromatic carboxylic acids is 1. The average Bonchev–Trinajstić information content (AvgIpc) is 2.88. The molecule has 0 amide bonds. The quantitative estimate of drug-likeness (QED) is 0.890. The SMILES string of the molecule is O=C(O)c1ccc(CNCc2cc(Br)cs2)o1. The van der Waals surface area contributed by atoms with Crippen molar-refractivity contribution >= 4 is 33.2 Å². The molecule has 0 fully saturated rings. The smallest absolute Gasteiger partial charge is 0.371 e. The van der Waals surface area contributed by atoms with Gasteiger partial charge in [-0.25, -0.2) is 4.79 Å². The normalized spacial score (nSPS) is 10.6. The Morgan fingerprint density at radius 1 is 1.47 bits per heavy atom. The third-order valence-corrected chi connectivity index (χ3v) is 3.79. The van der Waals surface area contributed by atoms with Crippen LogP contribution in [0.2, 0.25) is 0 Å². The van der Waals surface area contributed by atoms with E-state index in [-0.39, 0.29) is 5.76 Å². The molecule has 0 aromatic carbocycles. The molecule has 0 radical (unpaired) electrons. The third kappa shape index (κ3) is 3.42. The van der Waals surface area contributed by atoms with E-state index >= 15 is 0 Å². The highest BCUT2D eigenvalue weighted by Crippen LogP contribution is 2.19. The molecule has 0 aliphatic rings. The van der Waals surface area contributed by atoms with E-state index in [0.717, 1.165) is 11.0 Å². The molecular formula is C11H10BrNO3S. The highest BCUT2D eigenvalue weighted by molar-refractivity contribution is 9.10. The highest BCUT2D eigenvalue weighted by Gasteiger charge is 2.08. The van der Waals surface area contributed by atoms with Crippen molar-refractivity contribution in [3.63, 3.8) is 0 Å². The fraction of sp³-hybridized carbons (Fsp3) is 0.182. The van der Waals surface area contributed by atoms with Crippen LogP contribution in [0, 0.1) is 0 Å². The summed E-state index contributed by atoms with van der Waals surface area (Å²) < 4.78 is 6.19. The Bertz CT molecular complexity index is 520. The maximum absolute atomic E-state index is 10.6. The Morgan fingerprint density at radius 2 is 2.29 bits per heavy atom. The van der Waals surface area contributed by atoms with Crippen molar-refractivity contribution in [2.24, 2.45) is 0 Å². The van der Waals surface area contributed by atoms with Gasteiger partial charge in [0.2, 0.25) is 5.76 Å². The number of halogens is 1. The molecule has 0 atom stereocenters. The molecule has 0 aliphatic heterocycles. The van der Waals surface area contributed by atoms with Gasteiger partial charge in [0.1, 0.15) is 5.76 Å². The van der Waals surface area contributed by atoms with Crippen LogP contribution < -0.4 is 5.32 Å². The number of thiophene rings is 1. The standard InChI is InChI=1S/C11H10BrNO3S/c12-7-3-9(17-6-7)5-13-4-8-1-2-10(16-8)11(14)15/h1-3,6,13H,4-5H2,(H,14,15). The lowest BCUT2D eigenvalue weighted by Crippen LogP contribution is -2.11. The first-order chi connectivity index (χ1) is 8.15. The Kier molecular flexibility index (Phi) is 3.98. The molecule has 0 aliphatic carbocycles. The van der Waals surface area contributed by atoms with Crippen molar-refractivity contribution < 1.29 is 14.3 Å². The molecule has 0 saturated heterocycles. The first-order valence-electron chi connectivity index (χ1n) is 4.91. The molecule has 17 heavy (non-hydrogen) atoms. The summed E-state index contributed by atoms with van der Waals surface area (Å²) >= 11 is 5.05. The monoisotopic (exact) mass is 315 g/mol. The second-order valence-corrected chi connectivity index (χ2v) is 5.32. The molecule has 2 N–H and O–H groups in total. The minimum atomic E-state index is -1.04. The number of carboxylic acids is 1. The first-order valence-corrected chi connectivity index (χ1v) is 6.58. The fourth-order valence-corrected chi connectivity index (χ4v) is 2.76. The van der Waals surface area contributed by atoms with Crippen molar-refractivity contribution in [1.29, 1.82) is 0 Å². The molecule has 4 nitrogen and oxygen atoms in total. The molecular weight excluding hydrogens is 306 g/mol. The maximum Gasteiger partial charge on any atom is 0.371 e. The second kappa shape index (κ2) is 5.48. The topological polar surface area (TPSA) is 62.5 Å². The van der Waals surface area contributed by atoms with Crippen molar-refractivity contribution in [1.82, 2.24) is 5.32 Å². The van der Waals surface area contributed by atoms with Gasteiger partial charge in [-0.15, -0.1) is 11.3 Å². The molecule has 0 spiro atoms. The van der Waals surface area contributed by atoms with Gasteiger partial charge >= 0.3 is 5.97 Å². The van der Waals surface area contributed by atoms with E-state index in [1.54, 1.807) is 17.4 Å². The lowest BCUT2D eigenvalue weighted by Gasteiger charge is -1.99. The Morgan fingerprint density at radius 3 is 2.88 bits per heavy atom. The summed E-state index contributed by atoms with van der Waals surface area (Å²) in [5, 5.41) is 13.9. The zero-order valence-electron chi connectivity index (χ0n) is 8.77. The van der Waals surface area contributed by atoms with Gasteiger partial charge in [-0.1, -0.05) is 0 Å². The summed E-state index contributed by atoms with van der Waals surface area (Å²) in [6.45, 7) is 1.25. The Hall–Kier alpha value is -1.11. The fourth-order valence-electron chi connectivity index (χ4n) is 1.34. The van der Waals surface area contributed by atoms with E-state index < -0.39 is 5.97 Å². The second-order valence-electron chi connectivity index (χ2n) is 3.41. The zero-order chi connectivity index (χ0) is 12.3. The van der Waals surface area contributed by atoms with E-state index in [1.807, 2.05) is 11.4 Å². The third-order valence-electron chi connectivity index (χ3n) is 2.09. The molecule has 2 rings (SSSR count). The molecule has 2 aromatic rings. The largest absolute Gasteiger partial charge is 0.475 e. The Labute approximate surface area is 110 Å². The average molecular weight is 316 g/mol. The summed E-state index contributed by atoms with van der Waals surface area (Å²) in [4.78, 5) is 11.8. The van der Waals surface area contributed by atoms with Gasteiger partial charge in [0.25, 0.3) is 0 Å². The summed E-state index contributed by atoms with van der Waals surface area (Å²) in [6.07, 6.45) is 0. The van der Waals surface area contributed by atoms with Crippen LogP contribution in [0.5, 0.6) is 0 Å². The van der Waals surface area contributed by atoms with Gasteiger partial charge in [0, 0.05) is 21.3 Å². The molecule has 0 bridgehead atoms. The minimum Gasteiger partial charge on any atom is -0.475 e. The van der Waals surface area contributed by atoms with Crippen LogP contribution in [0.3, 0.4) is 0 Å². The van der Waals surface area contributed by atoms with E-state index in [4.69, 9.17) is 9.52 Å². The van der Waals surface area contributed by atoms with Gasteiger partial charge < -0.3 is 14.8 Å². The molecule has 6 heteroatoms. The maximum atomic E-state index is 10.6. The number of furan rings is 1. The van der Waals surface area contributed by atoms with E-state index in [0.29, 0.717) is 12.3 Å². The number of carbonyl (C=O) groups is 1. The van der Waals surface area contributed by atoms with E-state index in [2.05, 4.69) is 21.2 Å². The van der Waals surface area contributed by atoms with Gasteiger partial charge in [0.15, 0.2) is 0 Å².